The second kappa shape index (κ2) is 9.06. The van der Waals surface area contributed by atoms with E-state index in [1.165, 1.54) is 23.1 Å². The normalized spacial score (nSPS) is 16.6. The van der Waals surface area contributed by atoms with Gasteiger partial charge < -0.3 is 9.84 Å². The van der Waals surface area contributed by atoms with Gasteiger partial charge in [-0.2, -0.15) is 4.90 Å². The summed E-state index contributed by atoms with van der Waals surface area (Å²) >= 11 is 0. The van der Waals surface area contributed by atoms with Crippen LogP contribution in [0.5, 0.6) is 5.75 Å². The molecule has 0 aliphatic carbocycles. The van der Waals surface area contributed by atoms with Crippen LogP contribution < -0.4 is 19.1 Å². The molecule has 11 heteroatoms. The van der Waals surface area contributed by atoms with Gasteiger partial charge in [0, 0.05) is 20.1 Å². The topological polar surface area (TPSA) is 91.0 Å². The zero-order valence-corrected chi connectivity index (χ0v) is 17.3. The molecule has 1 unspecified atom stereocenters. The number of fused-ring (bicyclic) bond motifs is 1. The van der Waals surface area contributed by atoms with Gasteiger partial charge in [0.25, 0.3) is 17.3 Å². The fraction of sp³-hybridized carbons (Fsp3) is 0.450. The highest BCUT2D eigenvalue weighted by Crippen LogP contribution is 2.24. The van der Waals surface area contributed by atoms with Crippen LogP contribution in [0, 0.1) is 0 Å². The number of carbonyl (C=O) groups excluding carboxylic acids is 2. The molecule has 31 heavy (non-hydrogen) atoms. The van der Waals surface area contributed by atoms with Gasteiger partial charge in [-0.25, -0.2) is 24.0 Å². The van der Waals surface area contributed by atoms with Gasteiger partial charge in [0.15, 0.2) is 0 Å². The van der Waals surface area contributed by atoms with Crippen molar-refractivity contribution in [3.8, 4) is 5.75 Å². The van der Waals surface area contributed by atoms with Gasteiger partial charge in [0.2, 0.25) is 0 Å². The maximum absolute atomic E-state index is 13.0. The highest BCUT2D eigenvalue weighted by molar-refractivity contribution is 6.04. The van der Waals surface area contributed by atoms with Crippen molar-refractivity contribution < 1.29 is 42.1 Å². The molecule has 8 nitrogen and oxygen atoms in total. The number of aliphatic hydroxyl groups is 1. The molecule has 0 bridgehead atoms. The molecule has 0 saturated heterocycles. The Bertz CT molecular complexity index is 974. The second-order valence-corrected chi connectivity index (χ2v) is 7.21. The van der Waals surface area contributed by atoms with E-state index in [1.54, 1.807) is 17.7 Å². The third-order valence-corrected chi connectivity index (χ3v) is 5.15. The number of H-pyrrole nitrogens is 1. The average molecular weight is 442 g/mol. The van der Waals surface area contributed by atoms with Crippen molar-refractivity contribution in [1.29, 1.82) is 0 Å². The third kappa shape index (κ3) is 4.88. The van der Waals surface area contributed by atoms with Crippen LogP contribution in [0.3, 0.4) is 0 Å². The van der Waals surface area contributed by atoms with Gasteiger partial charge in [-0.1, -0.05) is 12.1 Å². The minimum atomic E-state index is -4.76. The van der Waals surface area contributed by atoms with E-state index in [0.29, 0.717) is 48.7 Å². The number of carbonyl (C=O) groups is 2. The lowest BCUT2D eigenvalue weighted by molar-refractivity contribution is -0.747. The highest BCUT2D eigenvalue weighted by Gasteiger charge is 2.48. The van der Waals surface area contributed by atoms with Crippen LogP contribution in [-0.4, -0.2) is 48.6 Å². The maximum atomic E-state index is 13.0. The van der Waals surface area contributed by atoms with Crippen LogP contribution >= 0.6 is 0 Å². The molecule has 3 amide bonds. The average Bonchev–Trinajstić information content (AvgIpc) is 3.08. The highest BCUT2D eigenvalue weighted by atomic mass is 19.4. The number of ether oxygens (including phenoxy) is 1. The molecule has 1 aliphatic rings. The molecule has 0 saturated carbocycles. The van der Waals surface area contributed by atoms with Crippen molar-refractivity contribution in [2.75, 3.05) is 25.1 Å². The van der Waals surface area contributed by atoms with E-state index in [1.807, 2.05) is 6.92 Å². The van der Waals surface area contributed by atoms with E-state index in [9.17, 15) is 22.8 Å². The van der Waals surface area contributed by atoms with E-state index in [2.05, 4.69) is 9.72 Å². The summed E-state index contributed by atoms with van der Waals surface area (Å²) in [6.07, 6.45) is -3.63. The van der Waals surface area contributed by atoms with Crippen LogP contribution in [0.2, 0.25) is 0 Å². The molecule has 1 aromatic heterocycles. The number of aromatic amines is 1. The predicted octanol–water partition coefficient (Wildman–Crippen LogP) is 0.983. The minimum absolute atomic E-state index is 0.121. The first kappa shape index (κ1) is 22.8. The summed E-state index contributed by atoms with van der Waals surface area (Å²) in [7, 11) is 1.57. The van der Waals surface area contributed by atoms with Gasteiger partial charge in [0.05, 0.1) is 19.5 Å². The summed E-state index contributed by atoms with van der Waals surface area (Å²) in [6.45, 7) is 2.41. The van der Waals surface area contributed by atoms with Crippen LogP contribution in [-0.2, 0) is 19.4 Å². The van der Waals surface area contributed by atoms with Crippen molar-refractivity contribution in [2.24, 2.45) is 0 Å². The number of hydrogen-bond donors (Lipinski definition) is 3. The summed E-state index contributed by atoms with van der Waals surface area (Å²) in [5.41, 5.74) is 1.02. The van der Waals surface area contributed by atoms with Gasteiger partial charge >= 0.3 is 18.3 Å². The smallest absolute Gasteiger partial charge is 0.406 e. The number of rotatable bonds is 8. The fourth-order valence-electron chi connectivity index (χ4n) is 3.73. The lowest BCUT2D eigenvalue weighted by atomic mass is 10.1. The number of aliphatic hydroxyl groups excluding tert-OH is 1. The van der Waals surface area contributed by atoms with E-state index < -0.39 is 12.4 Å². The lowest BCUT2D eigenvalue weighted by Crippen LogP contribution is -3.19. The van der Waals surface area contributed by atoms with Crippen molar-refractivity contribution >= 4 is 17.8 Å². The Balaban J connectivity index is 1.84. The molecule has 2 aromatic rings. The van der Waals surface area contributed by atoms with E-state index in [0.717, 1.165) is 0 Å². The SMILES string of the molecule is CC[n+]1c(CCc2cccc(OC(F)(F)F)c2)[nH]c2c1C(=O)[NH+](CCCO)C(=O)N2C. The number of imide groups is 1. The van der Waals surface area contributed by atoms with Gasteiger partial charge in [0.1, 0.15) is 5.75 Å². The zero-order chi connectivity index (χ0) is 22.8. The van der Waals surface area contributed by atoms with E-state index in [-0.39, 0.29) is 29.7 Å². The van der Waals surface area contributed by atoms with E-state index in [4.69, 9.17) is 5.11 Å². The Morgan fingerprint density at radius 1 is 1.26 bits per heavy atom. The maximum Gasteiger partial charge on any atom is 0.573 e. The second-order valence-electron chi connectivity index (χ2n) is 7.21. The van der Waals surface area contributed by atoms with Gasteiger partial charge in [-0.15, -0.1) is 13.2 Å². The number of aryl methyl sites for hydroxylation is 2. The van der Waals surface area contributed by atoms with Crippen LogP contribution in [0.15, 0.2) is 24.3 Å². The Kier molecular flexibility index (Phi) is 6.65. The Morgan fingerprint density at radius 3 is 2.65 bits per heavy atom. The molecule has 3 N–H and O–H groups in total. The Labute approximate surface area is 176 Å². The quantitative estimate of drug-likeness (QED) is 0.532. The molecule has 0 radical (unpaired) electrons. The first-order valence-electron chi connectivity index (χ1n) is 9.95. The number of benzene rings is 1. The predicted molar refractivity (Wildman–Crippen MR) is 103 cm³/mol. The molecule has 3 rings (SSSR count). The molecule has 0 spiro atoms. The van der Waals surface area contributed by atoms with Gasteiger partial charge in [-0.05, 0) is 31.0 Å². The fourth-order valence-corrected chi connectivity index (χ4v) is 3.73. The number of hydrogen-bond acceptors (Lipinski definition) is 4. The number of halogens is 3. The number of alkyl halides is 3. The van der Waals surface area contributed by atoms with Gasteiger partial charge in [-0.3, -0.25) is 0 Å². The summed E-state index contributed by atoms with van der Waals surface area (Å²) in [5, 5.41) is 9.06. The summed E-state index contributed by atoms with van der Waals surface area (Å²) in [6, 6.07) is 5.35. The number of anilines is 1. The molecule has 1 atom stereocenters. The zero-order valence-electron chi connectivity index (χ0n) is 17.3. The molecule has 2 heterocycles. The standard InChI is InChI=1S/C20H23F3N4O4/c1-3-26-15(9-8-13-6-4-7-14(12-13)31-20(21,22)23)24-17-16(26)18(29)27(10-5-11-28)19(30)25(17)2/h4,6-7,12,28H,3,5,8-11H2,1-2H3/p+2. The minimum Gasteiger partial charge on any atom is -0.406 e. The van der Waals surface area contributed by atoms with Crippen LogP contribution in [0.4, 0.5) is 23.8 Å². The Hall–Kier alpha value is -2.92. The number of urea groups is 1. The van der Waals surface area contributed by atoms with E-state index >= 15 is 0 Å². The summed E-state index contributed by atoms with van der Waals surface area (Å²) in [4.78, 5) is 30.2. The Morgan fingerprint density at radius 2 is 2.00 bits per heavy atom. The first-order chi connectivity index (χ1) is 14.7. The van der Waals surface area contributed by atoms with Crippen molar-refractivity contribution in [3.05, 3.63) is 41.3 Å². The lowest BCUT2D eigenvalue weighted by Gasteiger charge is -2.23. The molecule has 168 valence electrons. The summed E-state index contributed by atoms with van der Waals surface area (Å²) in [5.74, 6) is 0.430. The number of amides is 3. The molecule has 1 aromatic carbocycles. The van der Waals surface area contributed by atoms with Crippen LogP contribution in [0.1, 0.15) is 35.2 Å². The first-order valence-corrected chi connectivity index (χ1v) is 9.95. The number of nitrogens with zero attached hydrogens (tertiary/aromatic N) is 2. The third-order valence-electron chi connectivity index (χ3n) is 5.15. The molecule has 1 aliphatic heterocycles. The largest absolute Gasteiger partial charge is 0.573 e. The van der Waals surface area contributed by atoms with Crippen molar-refractivity contribution in [3.63, 3.8) is 0 Å². The monoisotopic (exact) mass is 442 g/mol. The van der Waals surface area contributed by atoms with Crippen LogP contribution in [0.25, 0.3) is 0 Å². The number of imidazole rings is 1. The summed E-state index contributed by atoms with van der Waals surface area (Å²) < 4.78 is 43.1. The number of aromatic nitrogens is 2. The molecule has 0 fully saturated rings. The molecular formula is C20H25F3N4O4+2. The van der Waals surface area contributed by atoms with Crippen molar-refractivity contribution in [2.45, 2.75) is 39.1 Å². The number of quaternary nitrogens is 1. The molecular weight excluding hydrogens is 417 g/mol. The van der Waals surface area contributed by atoms with Crippen molar-refractivity contribution in [1.82, 2.24) is 4.98 Å². The number of nitrogens with one attached hydrogen (secondary N) is 2.